The molecule has 0 spiro atoms. The minimum Gasteiger partial charge on any atom is -0.487 e. The summed E-state index contributed by atoms with van der Waals surface area (Å²) in [6.07, 6.45) is 0.252. The van der Waals surface area contributed by atoms with Crippen molar-refractivity contribution >= 4 is 23.3 Å². The first-order valence-electron chi connectivity index (χ1n) is 7.76. The molecule has 128 valence electrons. The molecule has 2 N–H and O–H groups in total. The van der Waals surface area contributed by atoms with Crippen LogP contribution in [-0.4, -0.2) is 28.4 Å². The van der Waals surface area contributed by atoms with Gasteiger partial charge in [-0.1, -0.05) is 0 Å². The predicted molar refractivity (Wildman–Crippen MR) is 91.5 cm³/mol. The van der Waals surface area contributed by atoms with E-state index in [-0.39, 0.29) is 23.7 Å². The summed E-state index contributed by atoms with van der Waals surface area (Å²) in [4.78, 5) is 35.5. The van der Waals surface area contributed by atoms with Crippen molar-refractivity contribution in [3.63, 3.8) is 0 Å². The summed E-state index contributed by atoms with van der Waals surface area (Å²) < 4.78 is 5.77. The monoisotopic (exact) mass is 339 g/mol. The lowest BCUT2D eigenvalue weighted by atomic mass is 9.92. The molecular formula is C19H17NO5. The first-order chi connectivity index (χ1) is 11.7. The number of rotatable bonds is 3. The van der Waals surface area contributed by atoms with Crippen molar-refractivity contribution < 1.29 is 24.2 Å². The molecule has 0 fully saturated rings. The van der Waals surface area contributed by atoms with Crippen LogP contribution >= 0.6 is 0 Å². The second-order valence-electron chi connectivity index (χ2n) is 6.51. The van der Waals surface area contributed by atoms with Crippen molar-refractivity contribution in [2.45, 2.75) is 25.9 Å². The zero-order valence-electron chi connectivity index (χ0n) is 13.8. The van der Waals surface area contributed by atoms with Crippen molar-refractivity contribution in [2.75, 3.05) is 5.32 Å². The summed E-state index contributed by atoms with van der Waals surface area (Å²) in [6.45, 7) is 3.69. The van der Waals surface area contributed by atoms with Crippen molar-refractivity contribution in [3.8, 4) is 5.75 Å². The highest BCUT2D eigenvalue weighted by atomic mass is 16.5. The maximum absolute atomic E-state index is 12.4. The molecule has 25 heavy (non-hydrogen) atoms. The van der Waals surface area contributed by atoms with Crippen LogP contribution in [0.3, 0.4) is 0 Å². The molecule has 1 aliphatic rings. The van der Waals surface area contributed by atoms with Gasteiger partial charge in [0.1, 0.15) is 11.4 Å². The molecule has 0 radical (unpaired) electrons. The van der Waals surface area contributed by atoms with Gasteiger partial charge in [0.2, 0.25) is 0 Å². The van der Waals surface area contributed by atoms with Gasteiger partial charge in [0.05, 0.1) is 17.5 Å². The number of fused-ring (bicyclic) bond motifs is 1. The Bertz CT molecular complexity index is 868. The van der Waals surface area contributed by atoms with Gasteiger partial charge in [-0.2, -0.15) is 0 Å². The molecule has 2 aromatic carbocycles. The summed E-state index contributed by atoms with van der Waals surface area (Å²) >= 11 is 0. The maximum atomic E-state index is 12.4. The number of Topliss-reactive ketones (excluding diaryl/α,β-unsaturated/α-hetero) is 1. The Morgan fingerprint density at radius 3 is 2.36 bits per heavy atom. The predicted octanol–water partition coefficient (Wildman–Crippen LogP) is 3.38. The van der Waals surface area contributed by atoms with Crippen molar-refractivity contribution in [2.24, 2.45) is 0 Å². The summed E-state index contributed by atoms with van der Waals surface area (Å²) in [5, 5.41) is 11.6. The zero-order valence-corrected chi connectivity index (χ0v) is 13.8. The number of hydrogen-bond donors (Lipinski definition) is 2. The molecule has 1 amide bonds. The number of hydrogen-bond acceptors (Lipinski definition) is 4. The largest absolute Gasteiger partial charge is 0.487 e. The Labute approximate surface area is 144 Å². The van der Waals surface area contributed by atoms with Crippen LogP contribution in [0, 0.1) is 0 Å². The molecule has 0 saturated carbocycles. The molecule has 6 heteroatoms. The molecule has 0 bridgehead atoms. The molecule has 0 atom stereocenters. The number of carboxylic acids is 1. The Morgan fingerprint density at radius 1 is 1.08 bits per heavy atom. The number of amides is 1. The summed E-state index contributed by atoms with van der Waals surface area (Å²) in [7, 11) is 0. The number of benzene rings is 2. The van der Waals surface area contributed by atoms with Crippen LogP contribution in [0.1, 0.15) is 51.3 Å². The minimum absolute atomic E-state index is 0.0632. The van der Waals surface area contributed by atoms with Crippen LogP contribution in [0.4, 0.5) is 5.69 Å². The molecule has 3 rings (SSSR count). The third-order valence-electron chi connectivity index (χ3n) is 3.90. The van der Waals surface area contributed by atoms with Crippen molar-refractivity contribution in [1.29, 1.82) is 0 Å². The maximum Gasteiger partial charge on any atom is 0.335 e. The molecule has 0 aromatic heterocycles. The van der Waals surface area contributed by atoms with E-state index in [0.29, 0.717) is 22.6 Å². The first-order valence-corrected chi connectivity index (χ1v) is 7.76. The summed E-state index contributed by atoms with van der Waals surface area (Å²) in [6, 6.07) is 10.6. The van der Waals surface area contributed by atoms with E-state index in [0.717, 1.165) is 0 Å². The number of nitrogens with one attached hydrogen (secondary N) is 1. The Balaban J connectivity index is 1.80. The highest BCUT2D eigenvalue weighted by molar-refractivity contribution is 6.07. The average molecular weight is 339 g/mol. The second-order valence-corrected chi connectivity index (χ2v) is 6.51. The number of anilines is 1. The first kappa shape index (κ1) is 16.7. The van der Waals surface area contributed by atoms with Crippen LogP contribution in [0.5, 0.6) is 5.75 Å². The lowest BCUT2D eigenvalue weighted by Crippen LogP contribution is -2.36. The van der Waals surface area contributed by atoms with E-state index >= 15 is 0 Å². The van der Waals surface area contributed by atoms with Gasteiger partial charge in [-0.3, -0.25) is 9.59 Å². The third-order valence-corrected chi connectivity index (χ3v) is 3.90. The topological polar surface area (TPSA) is 92.7 Å². The van der Waals surface area contributed by atoms with Crippen LogP contribution in [0.25, 0.3) is 0 Å². The standard InChI is InChI=1S/C19H17NO5/c1-19(2)10-15(21)14-9-12(5-8-16(14)25-19)17(22)20-13-6-3-11(4-7-13)18(23)24/h3-9H,10H2,1-2H3,(H,20,22)(H,23,24). The van der Waals surface area contributed by atoms with E-state index in [1.165, 1.54) is 30.3 Å². The fourth-order valence-corrected chi connectivity index (χ4v) is 2.69. The SMILES string of the molecule is CC1(C)CC(=O)c2cc(C(=O)Nc3ccc(C(=O)O)cc3)ccc2O1. The lowest BCUT2D eigenvalue weighted by Gasteiger charge is -2.31. The molecule has 0 aliphatic carbocycles. The van der Waals surface area contributed by atoms with Crippen LogP contribution in [0.15, 0.2) is 42.5 Å². The molecular weight excluding hydrogens is 322 g/mol. The second kappa shape index (κ2) is 6.05. The Hall–Kier alpha value is -3.15. The lowest BCUT2D eigenvalue weighted by molar-refractivity contribution is 0.0618. The smallest absolute Gasteiger partial charge is 0.335 e. The molecule has 0 saturated heterocycles. The molecule has 6 nitrogen and oxygen atoms in total. The number of carboxylic acid groups (broad SMARTS) is 1. The van der Waals surface area contributed by atoms with Crippen molar-refractivity contribution in [3.05, 3.63) is 59.2 Å². The van der Waals surface area contributed by atoms with Gasteiger partial charge in [0.25, 0.3) is 5.91 Å². The highest BCUT2D eigenvalue weighted by Crippen LogP contribution is 2.33. The average Bonchev–Trinajstić information content (AvgIpc) is 2.54. The Kier molecular flexibility index (Phi) is 4.04. The van der Waals surface area contributed by atoms with E-state index in [1.54, 1.807) is 12.1 Å². The number of carbonyl (C=O) groups is 3. The van der Waals surface area contributed by atoms with E-state index in [1.807, 2.05) is 13.8 Å². The summed E-state index contributed by atoms with van der Waals surface area (Å²) in [5.74, 6) is -1.01. The summed E-state index contributed by atoms with van der Waals surface area (Å²) in [5.41, 5.74) is 0.777. The van der Waals surface area contributed by atoms with Gasteiger partial charge in [-0.25, -0.2) is 4.79 Å². The van der Waals surface area contributed by atoms with Gasteiger partial charge in [0, 0.05) is 11.3 Å². The highest BCUT2D eigenvalue weighted by Gasteiger charge is 2.32. The number of ether oxygens (including phenoxy) is 1. The number of ketones is 1. The number of carbonyl (C=O) groups excluding carboxylic acids is 2. The fourth-order valence-electron chi connectivity index (χ4n) is 2.69. The quantitative estimate of drug-likeness (QED) is 0.894. The fraction of sp³-hybridized carbons (Fsp3) is 0.211. The van der Waals surface area contributed by atoms with Crippen LogP contribution in [0.2, 0.25) is 0 Å². The van der Waals surface area contributed by atoms with E-state index in [4.69, 9.17) is 9.84 Å². The normalized spacial score (nSPS) is 15.0. The van der Waals surface area contributed by atoms with Gasteiger partial charge in [-0.05, 0) is 56.3 Å². The van der Waals surface area contributed by atoms with Gasteiger partial charge >= 0.3 is 5.97 Å². The van der Waals surface area contributed by atoms with Crippen LogP contribution in [-0.2, 0) is 0 Å². The van der Waals surface area contributed by atoms with E-state index < -0.39 is 11.6 Å². The molecule has 1 heterocycles. The van der Waals surface area contributed by atoms with Gasteiger partial charge < -0.3 is 15.2 Å². The zero-order chi connectivity index (χ0) is 18.2. The molecule has 2 aromatic rings. The number of aromatic carboxylic acids is 1. The van der Waals surface area contributed by atoms with Crippen LogP contribution < -0.4 is 10.1 Å². The van der Waals surface area contributed by atoms with E-state index in [2.05, 4.69) is 5.32 Å². The molecule has 1 aliphatic heterocycles. The van der Waals surface area contributed by atoms with Gasteiger partial charge in [-0.15, -0.1) is 0 Å². The third kappa shape index (κ3) is 3.52. The van der Waals surface area contributed by atoms with Gasteiger partial charge in [0.15, 0.2) is 5.78 Å². The van der Waals surface area contributed by atoms with E-state index in [9.17, 15) is 14.4 Å². The minimum atomic E-state index is -1.03. The molecule has 0 unspecified atom stereocenters. The Morgan fingerprint density at radius 2 is 1.72 bits per heavy atom. The van der Waals surface area contributed by atoms with Crippen molar-refractivity contribution in [1.82, 2.24) is 0 Å².